The van der Waals surface area contributed by atoms with Crippen molar-refractivity contribution in [1.29, 1.82) is 0 Å². The molecule has 2 aliphatic heterocycles. The smallest absolute Gasteiger partial charge is 0.334 e. The molecule has 1 saturated heterocycles. The van der Waals surface area contributed by atoms with Gasteiger partial charge in [-0.05, 0) is 48.3 Å². The Morgan fingerprint density at radius 2 is 1.95 bits per heavy atom. The number of hydrogen-bond donors (Lipinski definition) is 2. The second kappa shape index (κ2) is 10.5. The van der Waals surface area contributed by atoms with E-state index < -0.39 is 16.8 Å². The molecule has 2 aromatic carbocycles. The number of nitrogens with one attached hydrogen (secondary N) is 1. The monoisotopic (exact) mass is 539 g/mol. The Morgan fingerprint density at radius 1 is 1.22 bits per heavy atom. The normalized spacial score (nSPS) is 17.9. The summed E-state index contributed by atoms with van der Waals surface area (Å²) >= 11 is 7.32. The lowest BCUT2D eigenvalue weighted by molar-refractivity contribution is -0.384. The topological polar surface area (TPSA) is 112 Å². The molecule has 0 amide bonds. The number of allylic oxidation sites excluding steroid dienone is 1. The third-order valence-corrected chi connectivity index (χ3v) is 8.03. The van der Waals surface area contributed by atoms with E-state index in [9.17, 15) is 20.0 Å². The molecule has 9 nitrogen and oxygen atoms in total. The Balaban J connectivity index is 1.35. The molecule has 2 N–H and O–H groups in total. The summed E-state index contributed by atoms with van der Waals surface area (Å²) in [5, 5.41) is 26.2. The van der Waals surface area contributed by atoms with E-state index in [1.54, 1.807) is 19.1 Å². The number of aromatic nitrogens is 1. The van der Waals surface area contributed by atoms with Crippen LogP contribution in [0.15, 0.2) is 59.8 Å². The molecule has 0 saturated carbocycles. The van der Waals surface area contributed by atoms with Gasteiger partial charge in [0.05, 0.1) is 16.2 Å². The molecule has 3 heterocycles. The van der Waals surface area contributed by atoms with E-state index in [0.29, 0.717) is 17.7 Å². The Kier molecular flexibility index (Phi) is 7.14. The molecule has 5 rings (SSSR count). The van der Waals surface area contributed by atoms with Crippen LogP contribution in [-0.2, 0) is 11.2 Å². The Hall–Kier alpha value is -3.47. The molecule has 1 unspecified atom stereocenters. The number of fused-ring (bicyclic) bond motifs is 1. The number of piperazine rings is 1. The van der Waals surface area contributed by atoms with Crippen molar-refractivity contribution in [3.63, 3.8) is 0 Å². The molecular formula is C26H26ClN5O4S. The van der Waals surface area contributed by atoms with Crippen LogP contribution in [0.25, 0.3) is 0 Å². The van der Waals surface area contributed by atoms with Gasteiger partial charge in [-0.15, -0.1) is 0 Å². The first-order valence-corrected chi connectivity index (χ1v) is 13.1. The standard InChI is InChI=1S/C26H26ClN5O4S/c1-16-22(26(33)34)23(17-3-2-4-20(15-17)32(35)36)24-21(29-37-25(24)28-16)9-10-30-11-13-31(14-12-30)19-7-5-18(27)6-8-19/h2-8,15,23,28H,9-14H2,1H3,(H,33,34). The van der Waals surface area contributed by atoms with Gasteiger partial charge in [0, 0.05) is 79.2 Å². The van der Waals surface area contributed by atoms with Crippen LogP contribution < -0.4 is 10.2 Å². The molecule has 37 heavy (non-hydrogen) atoms. The van der Waals surface area contributed by atoms with Crippen molar-refractivity contribution in [2.45, 2.75) is 19.3 Å². The first-order valence-electron chi connectivity index (χ1n) is 12.0. The van der Waals surface area contributed by atoms with Crippen LogP contribution in [0.5, 0.6) is 0 Å². The van der Waals surface area contributed by atoms with Crippen molar-refractivity contribution in [3.05, 3.63) is 91.8 Å². The highest BCUT2D eigenvalue weighted by Gasteiger charge is 2.36. The average Bonchev–Trinajstić information content (AvgIpc) is 3.29. The minimum absolute atomic E-state index is 0.0664. The Bertz CT molecular complexity index is 1370. The lowest BCUT2D eigenvalue weighted by atomic mass is 9.81. The minimum Gasteiger partial charge on any atom is -0.478 e. The summed E-state index contributed by atoms with van der Waals surface area (Å²) in [5.41, 5.74) is 4.00. The van der Waals surface area contributed by atoms with Crippen LogP contribution in [0, 0.1) is 10.1 Å². The Morgan fingerprint density at radius 3 is 2.62 bits per heavy atom. The van der Waals surface area contributed by atoms with Crippen LogP contribution in [0.4, 0.5) is 16.4 Å². The number of hydrogen-bond acceptors (Lipinski definition) is 8. The first kappa shape index (κ1) is 25.2. The largest absolute Gasteiger partial charge is 0.478 e. The number of carboxylic acids is 1. The predicted octanol–water partition coefficient (Wildman–Crippen LogP) is 4.99. The van der Waals surface area contributed by atoms with Crippen molar-refractivity contribution in [2.24, 2.45) is 0 Å². The summed E-state index contributed by atoms with van der Waals surface area (Å²) in [5.74, 6) is -1.69. The van der Waals surface area contributed by atoms with Gasteiger partial charge in [-0.25, -0.2) is 4.79 Å². The lowest BCUT2D eigenvalue weighted by Crippen LogP contribution is -2.47. The number of nitro groups is 1. The van der Waals surface area contributed by atoms with E-state index in [1.165, 1.54) is 23.7 Å². The first-order chi connectivity index (χ1) is 17.8. The fraction of sp³-hybridized carbons (Fsp3) is 0.308. The number of halogens is 1. The molecule has 0 aliphatic carbocycles. The number of rotatable bonds is 7. The number of carbonyl (C=O) groups is 1. The van der Waals surface area contributed by atoms with Crippen molar-refractivity contribution in [2.75, 3.05) is 42.9 Å². The molecule has 2 aliphatic rings. The van der Waals surface area contributed by atoms with Crippen LogP contribution in [0.2, 0.25) is 5.02 Å². The van der Waals surface area contributed by atoms with Crippen LogP contribution in [0.3, 0.4) is 0 Å². The van der Waals surface area contributed by atoms with E-state index in [-0.39, 0.29) is 11.3 Å². The third-order valence-electron chi connectivity index (χ3n) is 6.96. The number of benzene rings is 2. The fourth-order valence-corrected chi connectivity index (χ4v) is 6.13. The molecule has 1 atom stereocenters. The number of nitrogens with zero attached hydrogens (tertiary/aromatic N) is 4. The van der Waals surface area contributed by atoms with Crippen LogP contribution in [0.1, 0.15) is 29.7 Å². The van der Waals surface area contributed by atoms with Crippen molar-refractivity contribution in [3.8, 4) is 0 Å². The fourth-order valence-electron chi connectivity index (χ4n) is 5.08. The number of nitro benzene ring substituents is 1. The van der Waals surface area contributed by atoms with E-state index in [1.807, 2.05) is 24.3 Å². The van der Waals surface area contributed by atoms with Gasteiger partial charge in [0.15, 0.2) is 0 Å². The maximum atomic E-state index is 12.3. The maximum Gasteiger partial charge on any atom is 0.334 e. The highest BCUT2D eigenvalue weighted by atomic mass is 35.5. The average molecular weight is 540 g/mol. The van der Waals surface area contributed by atoms with Crippen LogP contribution in [-0.4, -0.2) is 58.0 Å². The predicted molar refractivity (Wildman–Crippen MR) is 145 cm³/mol. The van der Waals surface area contributed by atoms with Crippen molar-refractivity contribution < 1.29 is 14.8 Å². The van der Waals surface area contributed by atoms with Crippen molar-refractivity contribution >= 4 is 45.5 Å². The van der Waals surface area contributed by atoms with E-state index >= 15 is 0 Å². The highest BCUT2D eigenvalue weighted by Crippen LogP contribution is 2.46. The van der Waals surface area contributed by atoms with Crippen molar-refractivity contribution in [1.82, 2.24) is 9.27 Å². The van der Waals surface area contributed by atoms with Gasteiger partial charge in [0.1, 0.15) is 5.00 Å². The second-order valence-corrected chi connectivity index (χ2v) is 10.4. The van der Waals surface area contributed by atoms with Gasteiger partial charge in [-0.2, -0.15) is 4.37 Å². The summed E-state index contributed by atoms with van der Waals surface area (Å²) in [6.07, 6.45) is 0.659. The summed E-state index contributed by atoms with van der Waals surface area (Å²) in [6.45, 7) is 6.12. The molecule has 192 valence electrons. The zero-order valence-corrected chi connectivity index (χ0v) is 21.8. The molecule has 1 aromatic heterocycles. The van der Waals surface area contributed by atoms with Gasteiger partial charge >= 0.3 is 5.97 Å². The zero-order chi connectivity index (χ0) is 26.1. The van der Waals surface area contributed by atoms with Gasteiger partial charge < -0.3 is 15.3 Å². The van der Waals surface area contributed by atoms with E-state index in [0.717, 1.165) is 59.7 Å². The molecule has 0 spiro atoms. The molecule has 0 radical (unpaired) electrons. The summed E-state index contributed by atoms with van der Waals surface area (Å²) < 4.78 is 4.69. The highest BCUT2D eigenvalue weighted by molar-refractivity contribution is 7.10. The SMILES string of the molecule is CC1=C(C(=O)O)C(c2cccc([N+](=O)[O-])c2)c2c(CCN3CCN(c4ccc(Cl)cc4)CC3)nsc2N1. The minimum atomic E-state index is -1.05. The second-order valence-electron chi connectivity index (χ2n) is 9.18. The molecule has 0 bridgehead atoms. The quantitative estimate of drug-likeness (QED) is 0.319. The number of carboxylic acid groups (broad SMARTS) is 1. The molecule has 3 aromatic rings. The number of anilines is 2. The summed E-state index contributed by atoms with van der Waals surface area (Å²) in [6, 6.07) is 14.1. The van der Waals surface area contributed by atoms with E-state index in [4.69, 9.17) is 16.0 Å². The number of non-ortho nitro benzene ring substituents is 1. The molecule has 11 heteroatoms. The van der Waals surface area contributed by atoms with Gasteiger partial charge in [-0.1, -0.05) is 23.7 Å². The molecular weight excluding hydrogens is 514 g/mol. The summed E-state index contributed by atoms with van der Waals surface area (Å²) in [4.78, 5) is 28.0. The Labute approximate surface area is 223 Å². The van der Waals surface area contributed by atoms with Gasteiger partial charge in [0.2, 0.25) is 0 Å². The van der Waals surface area contributed by atoms with E-state index in [2.05, 4.69) is 15.1 Å². The zero-order valence-electron chi connectivity index (χ0n) is 20.2. The third kappa shape index (κ3) is 5.18. The number of aliphatic carboxylic acids is 1. The van der Waals surface area contributed by atoms with Crippen LogP contribution >= 0.6 is 23.1 Å². The van der Waals surface area contributed by atoms with Gasteiger partial charge in [-0.3, -0.25) is 15.0 Å². The maximum absolute atomic E-state index is 12.3. The molecule has 1 fully saturated rings. The lowest BCUT2D eigenvalue weighted by Gasteiger charge is -2.36. The summed E-state index contributed by atoms with van der Waals surface area (Å²) in [7, 11) is 0. The van der Waals surface area contributed by atoms with Gasteiger partial charge in [0.25, 0.3) is 5.69 Å².